The summed E-state index contributed by atoms with van der Waals surface area (Å²) in [5.41, 5.74) is 1.39. The molecular formula is C21H18N2O3S2. The first kappa shape index (κ1) is 18.6. The predicted octanol–water partition coefficient (Wildman–Crippen LogP) is 4.37. The van der Waals surface area contributed by atoms with Crippen LogP contribution in [0.3, 0.4) is 0 Å². The summed E-state index contributed by atoms with van der Waals surface area (Å²) in [5.74, 6) is 0.535. The Morgan fingerprint density at radius 1 is 1.00 bits per heavy atom. The zero-order valence-electron chi connectivity index (χ0n) is 15.1. The van der Waals surface area contributed by atoms with Gasteiger partial charge in [0.1, 0.15) is 11.3 Å². The number of hydrogen-bond acceptors (Lipinski definition) is 5. The van der Waals surface area contributed by atoms with Crippen molar-refractivity contribution in [1.82, 2.24) is 9.71 Å². The largest absolute Gasteiger partial charge is 0.494 e. The summed E-state index contributed by atoms with van der Waals surface area (Å²) in [7, 11) is -2.28. The number of hydrogen-bond donors (Lipinski definition) is 1. The van der Waals surface area contributed by atoms with E-state index in [0.717, 1.165) is 10.4 Å². The van der Waals surface area contributed by atoms with Crippen molar-refractivity contribution in [3.8, 4) is 5.75 Å². The Morgan fingerprint density at radius 3 is 2.54 bits per heavy atom. The van der Waals surface area contributed by atoms with Crippen molar-refractivity contribution in [1.29, 1.82) is 0 Å². The predicted molar refractivity (Wildman–Crippen MR) is 111 cm³/mol. The molecule has 0 unspecified atom stereocenters. The minimum atomic E-state index is -3.82. The standard InChI is InChI=1S/C21H18N2O3S2/c1-26-17-11-12-19(16-9-5-13-22-21(16)17)28(24,25)23-20(18-10-6-14-27-18)15-7-3-2-4-8-15/h2-14,20,23H,1H3/t20-/m0/s1. The third-order valence-corrected chi connectivity index (χ3v) is 6.85. The lowest BCUT2D eigenvalue weighted by atomic mass is 10.1. The first-order valence-corrected chi connectivity index (χ1v) is 11.0. The van der Waals surface area contributed by atoms with E-state index in [2.05, 4.69) is 9.71 Å². The molecule has 1 N–H and O–H groups in total. The number of nitrogens with zero attached hydrogens (tertiary/aromatic N) is 1. The van der Waals surface area contributed by atoms with Crippen molar-refractivity contribution in [2.75, 3.05) is 7.11 Å². The van der Waals surface area contributed by atoms with Gasteiger partial charge in [-0.15, -0.1) is 11.3 Å². The van der Waals surface area contributed by atoms with Crippen LogP contribution in [0.2, 0.25) is 0 Å². The molecule has 2 aromatic carbocycles. The van der Waals surface area contributed by atoms with Gasteiger partial charge in [-0.05, 0) is 41.3 Å². The fourth-order valence-electron chi connectivity index (χ4n) is 3.13. The van der Waals surface area contributed by atoms with Gasteiger partial charge in [-0.1, -0.05) is 36.4 Å². The fraction of sp³-hybridized carbons (Fsp3) is 0.0952. The van der Waals surface area contributed by atoms with Gasteiger partial charge in [0.05, 0.1) is 18.0 Å². The highest BCUT2D eigenvalue weighted by Crippen LogP contribution is 2.32. The van der Waals surface area contributed by atoms with Crippen LogP contribution >= 0.6 is 11.3 Å². The van der Waals surface area contributed by atoms with Crippen molar-refractivity contribution in [3.05, 3.63) is 88.7 Å². The van der Waals surface area contributed by atoms with Crippen LogP contribution in [-0.2, 0) is 10.0 Å². The van der Waals surface area contributed by atoms with E-state index in [1.54, 1.807) is 30.5 Å². The average molecular weight is 411 g/mol. The number of aromatic nitrogens is 1. The Bertz CT molecular complexity index is 1190. The summed E-state index contributed by atoms with van der Waals surface area (Å²) >= 11 is 1.51. The van der Waals surface area contributed by atoms with Crippen LogP contribution in [0.15, 0.2) is 83.2 Å². The quantitative estimate of drug-likeness (QED) is 0.512. The Kier molecular flexibility index (Phi) is 5.13. The molecule has 2 heterocycles. The Labute approximate surface area is 167 Å². The second-order valence-corrected chi connectivity index (χ2v) is 8.81. The molecule has 0 bridgehead atoms. The summed E-state index contributed by atoms with van der Waals surface area (Å²) in [6, 6.07) is 19.6. The van der Waals surface area contributed by atoms with Gasteiger partial charge in [-0.2, -0.15) is 4.72 Å². The molecule has 0 aliphatic heterocycles. The van der Waals surface area contributed by atoms with Crippen LogP contribution in [0.4, 0.5) is 0 Å². The minimum absolute atomic E-state index is 0.175. The lowest BCUT2D eigenvalue weighted by molar-refractivity contribution is 0.418. The first-order valence-electron chi connectivity index (χ1n) is 8.62. The van der Waals surface area contributed by atoms with Gasteiger partial charge in [0.25, 0.3) is 0 Å². The maximum atomic E-state index is 13.3. The minimum Gasteiger partial charge on any atom is -0.494 e. The molecule has 7 heteroatoms. The molecule has 0 aliphatic rings. The highest BCUT2D eigenvalue weighted by molar-refractivity contribution is 7.89. The summed E-state index contributed by atoms with van der Waals surface area (Å²) in [4.78, 5) is 5.40. The summed E-state index contributed by atoms with van der Waals surface area (Å²) in [5, 5.41) is 2.46. The molecule has 0 spiro atoms. The molecule has 5 nitrogen and oxygen atoms in total. The maximum Gasteiger partial charge on any atom is 0.242 e. The number of benzene rings is 2. The van der Waals surface area contributed by atoms with Crippen molar-refractivity contribution < 1.29 is 13.2 Å². The van der Waals surface area contributed by atoms with E-state index in [-0.39, 0.29) is 4.90 Å². The fourth-order valence-corrected chi connectivity index (χ4v) is 5.41. The van der Waals surface area contributed by atoms with Crippen molar-refractivity contribution in [3.63, 3.8) is 0 Å². The summed E-state index contributed by atoms with van der Waals surface area (Å²) in [6.07, 6.45) is 1.62. The number of thiophene rings is 1. The van der Waals surface area contributed by atoms with E-state index in [4.69, 9.17) is 4.74 Å². The first-order chi connectivity index (χ1) is 13.6. The van der Waals surface area contributed by atoms with Gasteiger partial charge < -0.3 is 4.74 Å². The third kappa shape index (κ3) is 3.52. The van der Waals surface area contributed by atoms with E-state index < -0.39 is 16.1 Å². The number of fused-ring (bicyclic) bond motifs is 1. The van der Waals surface area contributed by atoms with Gasteiger partial charge in [-0.3, -0.25) is 4.98 Å². The molecule has 0 amide bonds. The van der Waals surface area contributed by atoms with Gasteiger partial charge >= 0.3 is 0 Å². The molecule has 28 heavy (non-hydrogen) atoms. The molecular weight excluding hydrogens is 392 g/mol. The number of ether oxygens (including phenoxy) is 1. The molecule has 142 valence electrons. The van der Waals surface area contributed by atoms with Gasteiger partial charge in [0.2, 0.25) is 10.0 Å². The van der Waals surface area contributed by atoms with Crippen molar-refractivity contribution in [2.45, 2.75) is 10.9 Å². The van der Waals surface area contributed by atoms with E-state index in [1.807, 2.05) is 47.8 Å². The van der Waals surface area contributed by atoms with Crippen molar-refractivity contribution in [2.24, 2.45) is 0 Å². The summed E-state index contributed by atoms with van der Waals surface area (Å²) in [6.45, 7) is 0. The van der Waals surface area contributed by atoms with Crippen LogP contribution in [0.1, 0.15) is 16.5 Å². The number of pyridine rings is 1. The van der Waals surface area contributed by atoms with E-state index in [1.165, 1.54) is 18.4 Å². The maximum absolute atomic E-state index is 13.3. The second-order valence-electron chi connectivity index (χ2n) is 6.15. The highest BCUT2D eigenvalue weighted by atomic mass is 32.2. The zero-order chi connectivity index (χ0) is 19.6. The smallest absolute Gasteiger partial charge is 0.242 e. The monoisotopic (exact) mass is 410 g/mol. The molecule has 2 aromatic heterocycles. The van der Waals surface area contributed by atoms with Crippen LogP contribution < -0.4 is 9.46 Å². The average Bonchev–Trinajstić information content (AvgIpc) is 3.26. The molecule has 4 aromatic rings. The number of nitrogens with one attached hydrogen (secondary N) is 1. The van der Waals surface area contributed by atoms with Crippen LogP contribution in [0, 0.1) is 0 Å². The summed E-state index contributed by atoms with van der Waals surface area (Å²) < 4.78 is 34.9. The molecule has 0 aliphatic carbocycles. The van der Waals surface area contributed by atoms with Crippen LogP contribution in [0.25, 0.3) is 10.9 Å². The van der Waals surface area contributed by atoms with E-state index in [0.29, 0.717) is 16.7 Å². The molecule has 1 atom stereocenters. The van der Waals surface area contributed by atoms with Gasteiger partial charge in [0, 0.05) is 16.5 Å². The Balaban J connectivity index is 1.81. The lowest BCUT2D eigenvalue weighted by Crippen LogP contribution is -2.29. The highest BCUT2D eigenvalue weighted by Gasteiger charge is 2.26. The Morgan fingerprint density at radius 2 is 1.82 bits per heavy atom. The molecule has 0 saturated carbocycles. The lowest BCUT2D eigenvalue weighted by Gasteiger charge is -2.19. The van der Waals surface area contributed by atoms with Crippen LogP contribution in [-0.4, -0.2) is 20.5 Å². The number of sulfonamides is 1. The SMILES string of the molecule is COc1ccc(S(=O)(=O)N[C@@H](c2ccccc2)c2cccs2)c2cccnc12. The van der Waals surface area contributed by atoms with Crippen LogP contribution in [0.5, 0.6) is 5.75 Å². The van der Waals surface area contributed by atoms with Gasteiger partial charge in [0.15, 0.2) is 0 Å². The second kappa shape index (κ2) is 7.71. The Hall–Kier alpha value is -2.74. The molecule has 0 radical (unpaired) electrons. The zero-order valence-corrected chi connectivity index (χ0v) is 16.7. The molecule has 4 rings (SSSR count). The van der Waals surface area contributed by atoms with Gasteiger partial charge in [-0.25, -0.2) is 8.42 Å². The van der Waals surface area contributed by atoms with E-state index in [9.17, 15) is 8.42 Å². The van der Waals surface area contributed by atoms with Crippen molar-refractivity contribution >= 4 is 32.3 Å². The third-order valence-electron chi connectivity index (χ3n) is 4.44. The molecule has 0 saturated heterocycles. The normalized spacial score (nSPS) is 12.8. The molecule has 0 fully saturated rings. The van der Waals surface area contributed by atoms with E-state index >= 15 is 0 Å². The topological polar surface area (TPSA) is 68.3 Å². The number of rotatable bonds is 6. The number of methoxy groups -OCH3 is 1.